The summed E-state index contributed by atoms with van der Waals surface area (Å²) >= 11 is 5.56. The molecular weight excluding hydrogens is 312 g/mol. The average molecular weight is 331 g/mol. The van der Waals surface area contributed by atoms with Crippen LogP contribution in [0.2, 0.25) is 0 Å². The number of esters is 1. The van der Waals surface area contributed by atoms with Crippen molar-refractivity contribution < 1.29 is 9.53 Å². The van der Waals surface area contributed by atoms with E-state index in [4.69, 9.17) is 16.3 Å². The van der Waals surface area contributed by atoms with Gasteiger partial charge in [-0.15, -0.1) is 0 Å². The first-order valence-electron chi connectivity index (χ1n) is 6.90. The van der Waals surface area contributed by atoms with Crippen molar-refractivity contribution in [2.75, 3.05) is 7.11 Å². The Bertz CT molecular complexity index is 708. The summed E-state index contributed by atoms with van der Waals surface area (Å²) < 4.78 is 4.74. The van der Waals surface area contributed by atoms with E-state index in [0.29, 0.717) is 22.6 Å². The maximum atomic E-state index is 11.7. The van der Waals surface area contributed by atoms with Gasteiger partial charge in [0.1, 0.15) is 0 Å². The number of aromatic nitrogens is 2. The number of aryl methyl sites for hydroxylation is 2. The van der Waals surface area contributed by atoms with Gasteiger partial charge in [0.25, 0.3) is 0 Å². The fourth-order valence-corrected chi connectivity index (χ4v) is 1.97. The van der Waals surface area contributed by atoms with Crippen molar-refractivity contribution >= 4 is 23.1 Å². The molecule has 0 aromatic carbocycles. The van der Waals surface area contributed by atoms with Crippen LogP contribution >= 0.6 is 11.6 Å². The van der Waals surface area contributed by atoms with Crippen LogP contribution in [0.15, 0.2) is 54.7 Å². The summed E-state index contributed by atoms with van der Waals surface area (Å²) in [4.78, 5) is 20.6. The number of ether oxygens (including phenoxy) is 1. The molecule has 0 unspecified atom stereocenters. The standard InChI is InChI=1S/C18H19ClN2O2/c1-5-15(8-6-10-19)17-14(3)21-13(2)12-16(18(22)23-4)9-7-11-20-17/h5-12H,1H2,2-4H3/b9-7?,10-6+,11-7?,13-12?,15-8+,16-9?,16-12?,17-14?,20-11?,20-17?,21-13?,21-14?. The van der Waals surface area contributed by atoms with E-state index in [-0.39, 0.29) is 0 Å². The molecule has 0 radical (unpaired) electrons. The van der Waals surface area contributed by atoms with Crippen LogP contribution in [0.5, 0.6) is 0 Å². The van der Waals surface area contributed by atoms with Gasteiger partial charge in [-0.2, -0.15) is 0 Å². The normalized spacial score (nSPS) is 11.0. The van der Waals surface area contributed by atoms with Gasteiger partial charge in [0.05, 0.1) is 24.1 Å². The lowest BCUT2D eigenvalue weighted by Crippen LogP contribution is -2.01. The van der Waals surface area contributed by atoms with Crippen LogP contribution in [0.25, 0.3) is 5.57 Å². The van der Waals surface area contributed by atoms with E-state index in [1.807, 2.05) is 6.92 Å². The van der Waals surface area contributed by atoms with E-state index in [0.717, 1.165) is 5.57 Å². The summed E-state index contributed by atoms with van der Waals surface area (Å²) in [5, 5.41) is 0. The zero-order valence-corrected chi connectivity index (χ0v) is 14.2. The summed E-state index contributed by atoms with van der Waals surface area (Å²) in [7, 11) is 1.34. The van der Waals surface area contributed by atoms with Crippen LogP contribution in [-0.4, -0.2) is 23.0 Å². The number of halogens is 1. The Morgan fingerprint density at radius 1 is 1.39 bits per heavy atom. The van der Waals surface area contributed by atoms with Crippen LogP contribution in [0.3, 0.4) is 0 Å². The summed E-state index contributed by atoms with van der Waals surface area (Å²) in [6.45, 7) is 7.44. The Balaban J connectivity index is 3.60. The molecule has 0 saturated heterocycles. The Labute approximate surface area is 141 Å². The second-order valence-electron chi connectivity index (χ2n) is 4.56. The van der Waals surface area contributed by atoms with Gasteiger partial charge in [-0.25, -0.2) is 4.79 Å². The van der Waals surface area contributed by atoms with Crippen LogP contribution in [0.1, 0.15) is 27.4 Å². The van der Waals surface area contributed by atoms with E-state index in [2.05, 4.69) is 16.5 Å². The van der Waals surface area contributed by atoms with Crippen molar-refractivity contribution in [1.29, 1.82) is 0 Å². The second-order valence-corrected chi connectivity index (χ2v) is 4.81. The van der Waals surface area contributed by atoms with Crippen LogP contribution < -0.4 is 0 Å². The lowest BCUT2D eigenvalue weighted by Gasteiger charge is -2.03. The molecule has 1 rings (SSSR count). The molecule has 0 N–H and O–H groups in total. The lowest BCUT2D eigenvalue weighted by molar-refractivity contribution is 0.0600. The molecule has 5 heteroatoms. The molecule has 23 heavy (non-hydrogen) atoms. The minimum absolute atomic E-state index is 0.404. The van der Waals surface area contributed by atoms with Gasteiger partial charge in [0.15, 0.2) is 0 Å². The monoisotopic (exact) mass is 330 g/mol. The maximum Gasteiger partial charge on any atom is 0.337 e. The summed E-state index contributed by atoms with van der Waals surface area (Å²) in [6, 6.07) is 4.97. The second kappa shape index (κ2) is 9.54. The minimum atomic E-state index is -0.425. The first-order valence-corrected chi connectivity index (χ1v) is 7.34. The third-order valence-electron chi connectivity index (χ3n) is 2.88. The molecule has 4 nitrogen and oxygen atoms in total. The van der Waals surface area contributed by atoms with Gasteiger partial charge in [-0.1, -0.05) is 36.4 Å². The molecule has 0 saturated carbocycles. The zero-order valence-electron chi connectivity index (χ0n) is 13.4. The molecule has 0 aliphatic carbocycles. The average Bonchev–Trinajstić information content (AvgIpc) is 2.54. The minimum Gasteiger partial charge on any atom is -0.465 e. The molecule has 0 fully saturated rings. The van der Waals surface area contributed by atoms with Gasteiger partial charge in [0, 0.05) is 23.0 Å². The van der Waals surface area contributed by atoms with Crippen LogP contribution in [0.4, 0.5) is 0 Å². The van der Waals surface area contributed by atoms with E-state index in [1.54, 1.807) is 49.5 Å². The third kappa shape index (κ3) is 5.68. The molecule has 1 aromatic rings. The van der Waals surface area contributed by atoms with Crippen molar-refractivity contribution in [3.05, 3.63) is 77.4 Å². The largest absolute Gasteiger partial charge is 0.465 e. The molecule has 0 aliphatic rings. The number of carbonyl (C=O) groups is 1. The van der Waals surface area contributed by atoms with Gasteiger partial charge in [0.2, 0.25) is 0 Å². The molecule has 1 heterocycles. The molecule has 0 spiro atoms. The smallest absolute Gasteiger partial charge is 0.337 e. The number of rotatable bonds is 4. The highest BCUT2D eigenvalue weighted by Gasteiger charge is 2.05. The van der Waals surface area contributed by atoms with E-state index in [1.165, 1.54) is 12.6 Å². The molecule has 0 bridgehead atoms. The van der Waals surface area contributed by atoms with Gasteiger partial charge in [-0.05, 0) is 32.0 Å². The lowest BCUT2D eigenvalue weighted by atomic mass is 10.1. The number of nitrogens with zero attached hydrogens (tertiary/aromatic N) is 2. The molecule has 0 aliphatic heterocycles. The highest BCUT2D eigenvalue weighted by molar-refractivity contribution is 6.25. The van der Waals surface area contributed by atoms with Crippen molar-refractivity contribution in [3.63, 3.8) is 0 Å². The summed E-state index contributed by atoms with van der Waals surface area (Å²) in [5.41, 5.74) is 4.64. The summed E-state index contributed by atoms with van der Waals surface area (Å²) in [6.07, 6.45) is 6.76. The number of hydrogen-bond donors (Lipinski definition) is 0. The Hall–Kier alpha value is -2.46. The maximum absolute atomic E-state index is 11.7. The fourth-order valence-electron chi connectivity index (χ4n) is 1.89. The highest BCUT2D eigenvalue weighted by atomic mass is 35.5. The number of carbonyl (C=O) groups excluding carboxylic acids is 1. The molecule has 1 aromatic heterocycles. The Morgan fingerprint density at radius 3 is 2.74 bits per heavy atom. The molecule has 0 atom stereocenters. The van der Waals surface area contributed by atoms with Crippen LogP contribution in [0, 0.1) is 13.8 Å². The van der Waals surface area contributed by atoms with Gasteiger partial charge >= 0.3 is 5.97 Å². The van der Waals surface area contributed by atoms with Gasteiger partial charge in [-0.3, -0.25) is 9.97 Å². The van der Waals surface area contributed by atoms with Gasteiger partial charge < -0.3 is 4.74 Å². The number of hydrogen-bond acceptors (Lipinski definition) is 4. The topological polar surface area (TPSA) is 52.1 Å². The predicted octanol–water partition coefficient (Wildman–Crippen LogP) is 4.33. The molecule has 120 valence electrons. The summed E-state index contributed by atoms with van der Waals surface area (Å²) in [5.74, 6) is -0.425. The van der Waals surface area contributed by atoms with Crippen molar-refractivity contribution in [2.45, 2.75) is 13.8 Å². The first-order chi connectivity index (χ1) is 11.0. The number of methoxy groups -OCH3 is 1. The van der Waals surface area contributed by atoms with E-state index >= 15 is 0 Å². The Kier molecular flexibility index (Phi) is 7.71. The Morgan fingerprint density at radius 2 is 2.13 bits per heavy atom. The predicted molar refractivity (Wildman–Crippen MR) is 93.6 cm³/mol. The third-order valence-corrected chi connectivity index (χ3v) is 3.03. The van der Waals surface area contributed by atoms with Crippen molar-refractivity contribution in [2.24, 2.45) is 0 Å². The van der Waals surface area contributed by atoms with Crippen LogP contribution in [-0.2, 0) is 4.74 Å². The highest BCUT2D eigenvalue weighted by Crippen LogP contribution is 2.15. The SMILES string of the molecule is C=C/C(=C\C=C\Cl)c1ncccc(C(=O)OC)cc(C)nc1C. The molecule has 0 amide bonds. The quantitative estimate of drug-likeness (QED) is 0.609. The first kappa shape index (κ1) is 18.6. The van der Waals surface area contributed by atoms with E-state index in [9.17, 15) is 4.79 Å². The van der Waals surface area contributed by atoms with Crippen molar-refractivity contribution in [3.8, 4) is 0 Å². The van der Waals surface area contributed by atoms with Crippen molar-refractivity contribution in [1.82, 2.24) is 9.97 Å². The molecular formula is C18H19ClN2O2. The number of allylic oxidation sites excluding steroid dienone is 4. The van der Waals surface area contributed by atoms with E-state index < -0.39 is 5.97 Å². The fraction of sp³-hybridized carbons (Fsp3) is 0.167. The zero-order chi connectivity index (χ0) is 17.2.